The van der Waals surface area contributed by atoms with Crippen LogP contribution in [0.1, 0.15) is 17.9 Å². The number of nitrogens with zero attached hydrogens (tertiary/aromatic N) is 1. The molecule has 1 amide bonds. The average Bonchev–Trinajstić information content (AvgIpc) is 3.33. The molecule has 2 atom stereocenters. The van der Waals surface area contributed by atoms with Crippen LogP contribution in [0.5, 0.6) is 0 Å². The summed E-state index contributed by atoms with van der Waals surface area (Å²) >= 11 is 1.21. The van der Waals surface area contributed by atoms with Crippen LogP contribution in [-0.2, 0) is 14.8 Å². The van der Waals surface area contributed by atoms with Crippen LogP contribution in [0.4, 0.5) is 10.8 Å². The number of rotatable bonds is 6. The van der Waals surface area contributed by atoms with Crippen LogP contribution in [0.2, 0.25) is 0 Å². The molecule has 0 aliphatic heterocycles. The molecule has 1 saturated carbocycles. The Kier molecular flexibility index (Phi) is 4.67. The summed E-state index contributed by atoms with van der Waals surface area (Å²) in [6, 6.07) is 16.1. The number of hydrogen-bond donors (Lipinski definition) is 2. The predicted molar refractivity (Wildman–Crippen MR) is 105 cm³/mol. The van der Waals surface area contributed by atoms with E-state index in [0.717, 1.165) is 6.42 Å². The van der Waals surface area contributed by atoms with Crippen molar-refractivity contribution in [1.82, 2.24) is 4.98 Å². The van der Waals surface area contributed by atoms with Crippen molar-refractivity contribution >= 4 is 38.1 Å². The minimum Gasteiger partial charge on any atom is -0.326 e. The Morgan fingerprint density at radius 2 is 1.81 bits per heavy atom. The number of anilines is 2. The highest BCUT2D eigenvalue weighted by Gasteiger charge is 2.43. The summed E-state index contributed by atoms with van der Waals surface area (Å²) in [5.74, 6) is 0.177. The van der Waals surface area contributed by atoms with Crippen molar-refractivity contribution in [3.05, 3.63) is 71.7 Å². The molecule has 8 heteroatoms. The molecule has 27 heavy (non-hydrogen) atoms. The van der Waals surface area contributed by atoms with Gasteiger partial charge in [-0.3, -0.25) is 9.52 Å². The minimum absolute atomic E-state index is 0.0395. The van der Waals surface area contributed by atoms with E-state index in [9.17, 15) is 13.2 Å². The molecule has 0 saturated heterocycles. The van der Waals surface area contributed by atoms with E-state index in [4.69, 9.17) is 0 Å². The second kappa shape index (κ2) is 7.13. The van der Waals surface area contributed by atoms with Gasteiger partial charge in [-0.1, -0.05) is 30.3 Å². The highest BCUT2D eigenvalue weighted by molar-refractivity contribution is 7.93. The molecule has 6 nitrogen and oxygen atoms in total. The maximum Gasteiger partial charge on any atom is 0.263 e. The first-order valence-corrected chi connectivity index (χ1v) is 10.8. The molecule has 0 unspecified atom stereocenters. The van der Waals surface area contributed by atoms with Crippen molar-refractivity contribution in [3.63, 3.8) is 0 Å². The summed E-state index contributed by atoms with van der Waals surface area (Å²) in [5.41, 5.74) is 1.75. The van der Waals surface area contributed by atoms with Gasteiger partial charge < -0.3 is 5.32 Å². The number of amides is 1. The van der Waals surface area contributed by atoms with Gasteiger partial charge in [-0.25, -0.2) is 13.4 Å². The second-order valence-corrected chi connectivity index (χ2v) is 8.89. The number of carbonyl (C=O) groups is 1. The Bertz CT molecular complexity index is 1030. The zero-order valence-corrected chi connectivity index (χ0v) is 15.8. The number of carbonyl (C=O) groups excluding carboxylic acids is 1. The van der Waals surface area contributed by atoms with Gasteiger partial charge in [-0.15, -0.1) is 11.3 Å². The Morgan fingerprint density at radius 3 is 2.48 bits per heavy atom. The maximum atomic E-state index is 12.4. The van der Waals surface area contributed by atoms with Gasteiger partial charge >= 0.3 is 0 Å². The van der Waals surface area contributed by atoms with Gasteiger partial charge in [0.25, 0.3) is 10.0 Å². The molecule has 3 aromatic rings. The predicted octanol–water partition coefficient (Wildman–Crippen LogP) is 3.69. The molecule has 138 valence electrons. The van der Waals surface area contributed by atoms with E-state index in [0.29, 0.717) is 10.8 Å². The van der Waals surface area contributed by atoms with Gasteiger partial charge in [0, 0.05) is 23.2 Å². The van der Waals surface area contributed by atoms with Crippen molar-refractivity contribution in [3.8, 4) is 0 Å². The van der Waals surface area contributed by atoms with Crippen LogP contribution >= 0.6 is 11.3 Å². The molecule has 0 radical (unpaired) electrons. The van der Waals surface area contributed by atoms with E-state index in [2.05, 4.69) is 15.0 Å². The molecule has 0 spiro atoms. The fraction of sp³-hybridized carbons (Fsp3) is 0.158. The third-order valence-electron chi connectivity index (χ3n) is 4.44. The van der Waals surface area contributed by atoms with Crippen LogP contribution in [0.15, 0.2) is 71.1 Å². The zero-order chi connectivity index (χ0) is 18.9. The molecule has 1 fully saturated rings. The molecule has 2 aromatic carbocycles. The van der Waals surface area contributed by atoms with Gasteiger partial charge in [-0.05, 0) is 42.2 Å². The number of sulfonamides is 1. The van der Waals surface area contributed by atoms with Crippen molar-refractivity contribution in [2.75, 3.05) is 10.0 Å². The molecule has 0 bridgehead atoms. The molecule has 4 rings (SSSR count). The lowest BCUT2D eigenvalue weighted by Gasteiger charge is -2.08. The SMILES string of the molecule is O=C(Nc1ccc(S(=O)(=O)Nc2nccs2)cc1)[C@@H]1C[C@@H]1c1ccccc1. The summed E-state index contributed by atoms with van der Waals surface area (Å²) < 4.78 is 27.1. The normalized spacial score (nSPS) is 18.7. The molecule has 1 aliphatic rings. The summed E-state index contributed by atoms with van der Waals surface area (Å²) in [4.78, 5) is 16.4. The number of thiazole rings is 1. The first-order valence-electron chi connectivity index (χ1n) is 8.41. The third kappa shape index (κ3) is 4.01. The second-order valence-electron chi connectivity index (χ2n) is 6.32. The Labute approximate surface area is 161 Å². The Morgan fingerprint density at radius 1 is 1.07 bits per heavy atom. The van der Waals surface area contributed by atoms with Gasteiger partial charge in [0.1, 0.15) is 0 Å². The number of aromatic nitrogens is 1. The van der Waals surface area contributed by atoms with Gasteiger partial charge in [0.15, 0.2) is 5.13 Å². The molecule has 1 heterocycles. The van der Waals surface area contributed by atoms with Crippen molar-refractivity contribution in [2.24, 2.45) is 5.92 Å². The number of hydrogen-bond acceptors (Lipinski definition) is 5. The quantitative estimate of drug-likeness (QED) is 0.662. The zero-order valence-electron chi connectivity index (χ0n) is 14.2. The lowest BCUT2D eigenvalue weighted by molar-refractivity contribution is -0.117. The van der Waals surface area contributed by atoms with E-state index in [1.165, 1.54) is 35.2 Å². The van der Waals surface area contributed by atoms with Gasteiger partial charge in [-0.2, -0.15) is 0 Å². The molecular formula is C19H17N3O3S2. The number of nitrogens with one attached hydrogen (secondary N) is 2. The summed E-state index contributed by atoms with van der Waals surface area (Å²) in [7, 11) is -3.69. The Hall–Kier alpha value is -2.71. The topological polar surface area (TPSA) is 88.2 Å². The van der Waals surface area contributed by atoms with E-state index in [-0.39, 0.29) is 22.6 Å². The molecule has 1 aromatic heterocycles. The molecule has 1 aliphatic carbocycles. The first kappa shape index (κ1) is 17.7. The van der Waals surface area contributed by atoms with Crippen LogP contribution < -0.4 is 10.0 Å². The van der Waals surface area contributed by atoms with Crippen molar-refractivity contribution in [2.45, 2.75) is 17.2 Å². The summed E-state index contributed by atoms with van der Waals surface area (Å²) in [6.45, 7) is 0. The van der Waals surface area contributed by atoms with Crippen LogP contribution in [0.25, 0.3) is 0 Å². The Balaban J connectivity index is 1.39. The molecule has 2 N–H and O–H groups in total. The number of benzene rings is 2. The van der Waals surface area contributed by atoms with E-state index < -0.39 is 10.0 Å². The lowest BCUT2D eigenvalue weighted by Crippen LogP contribution is -2.15. The monoisotopic (exact) mass is 399 g/mol. The summed E-state index contributed by atoms with van der Waals surface area (Å²) in [5, 5.41) is 4.87. The van der Waals surface area contributed by atoms with E-state index in [1.807, 2.05) is 30.3 Å². The standard InChI is InChI=1S/C19H17N3O3S2/c23-18(17-12-16(17)13-4-2-1-3-5-13)21-14-6-8-15(9-7-14)27(24,25)22-19-20-10-11-26-19/h1-11,16-17H,12H2,(H,20,22)(H,21,23)/t16-,17-/m1/s1. The fourth-order valence-corrected chi connectivity index (χ4v) is 4.74. The summed E-state index contributed by atoms with van der Waals surface area (Å²) in [6.07, 6.45) is 2.36. The van der Waals surface area contributed by atoms with Crippen molar-refractivity contribution < 1.29 is 13.2 Å². The highest BCUT2D eigenvalue weighted by Crippen LogP contribution is 2.47. The third-order valence-corrected chi connectivity index (χ3v) is 6.61. The highest BCUT2D eigenvalue weighted by atomic mass is 32.2. The average molecular weight is 399 g/mol. The smallest absolute Gasteiger partial charge is 0.263 e. The van der Waals surface area contributed by atoms with Crippen LogP contribution in [0, 0.1) is 5.92 Å². The van der Waals surface area contributed by atoms with Crippen LogP contribution in [-0.4, -0.2) is 19.3 Å². The maximum absolute atomic E-state index is 12.4. The first-order chi connectivity index (χ1) is 13.0. The fourth-order valence-electron chi connectivity index (χ4n) is 2.95. The lowest BCUT2D eigenvalue weighted by atomic mass is 10.1. The minimum atomic E-state index is -3.69. The molecular weight excluding hydrogens is 382 g/mol. The van der Waals surface area contributed by atoms with Crippen molar-refractivity contribution in [1.29, 1.82) is 0 Å². The van der Waals surface area contributed by atoms with Gasteiger partial charge in [0.05, 0.1) is 4.90 Å². The van der Waals surface area contributed by atoms with Gasteiger partial charge in [0.2, 0.25) is 5.91 Å². The van der Waals surface area contributed by atoms with Crippen LogP contribution in [0.3, 0.4) is 0 Å². The van der Waals surface area contributed by atoms with E-state index >= 15 is 0 Å². The largest absolute Gasteiger partial charge is 0.326 e. The van der Waals surface area contributed by atoms with E-state index in [1.54, 1.807) is 17.5 Å².